The Morgan fingerprint density at radius 3 is 1.19 bits per heavy atom. The van der Waals surface area contributed by atoms with Crippen LogP contribution in [0.2, 0.25) is 0 Å². The van der Waals surface area contributed by atoms with Gasteiger partial charge in [0.15, 0.2) is 0 Å². The number of halogens is 4. The minimum absolute atomic E-state index is 0. The minimum atomic E-state index is -6.00. The van der Waals surface area contributed by atoms with Crippen LogP contribution < -0.4 is 0 Å². The average Bonchev–Trinajstić information content (AvgIpc) is 3.44. The van der Waals surface area contributed by atoms with Gasteiger partial charge in [0, 0.05) is 12.4 Å². The molecule has 0 amide bonds. The van der Waals surface area contributed by atoms with Crippen LogP contribution in [0.15, 0.2) is 48.8 Å². The van der Waals surface area contributed by atoms with Crippen molar-refractivity contribution in [3.05, 3.63) is 48.8 Å². The predicted molar refractivity (Wildman–Crippen MR) is 122 cm³/mol. The van der Waals surface area contributed by atoms with Crippen molar-refractivity contribution in [2.75, 3.05) is 0 Å². The van der Waals surface area contributed by atoms with Crippen molar-refractivity contribution in [1.29, 1.82) is 0 Å². The average molecular weight is 557 g/mol. The van der Waals surface area contributed by atoms with Gasteiger partial charge in [-0.2, -0.15) is 9.59 Å². The summed E-state index contributed by atoms with van der Waals surface area (Å²) >= 11 is 0. The third kappa shape index (κ3) is 10.6. The number of rotatable bonds is 2. The molecule has 10 nitrogen and oxygen atoms in total. The number of tetrazole rings is 2. The summed E-state index contributed by atoms with van der Waals surface area (Å²) in [4.78, 5) is 11.5. The molecule has 0 bridgehead atoms. The van der Waals surface area contributed by atoms with Crippen LogP contribution in [0.4, 0.5) is 17.3 Å². The molecule has 0 spiro atoms. The molecule has 0 atom stereocenters. The molecule has 0 radical (unpaired) electrons. The molecule has 16 heteroatoms. The zero-order chi connectivity index (χ0) is 26.3. The molecule has 0 N–H and O–H groups in total. The van der Waals surface area contributed by atoms with Crippen LogP contribution in [-0.4, -0.2) is 57.6 Å². The van der Waals surface area contributed by atoms with Crippen molar-refractivity contribution in [3.8, 4) is 23.0 Å². The van der Waals surface area contributed by atoms with E-state index in [4.69, 9.17) is 0 Å². The standard InChI is InChI=1S/2C10H13N5.BF4.Cu/c2*1-10(2,3)15-13-9(12-14-15)8-6-4-5-7-11-8;2-1(3,4)5;/h2*4-7H,1-3H3;;/q;;-1;+1. The zero-order valence-electron chi connectivity index (χ0n) is 20.5. The molecule has 4 aromatic rings. The maximum Gasteiger partial charge on any atom is 1.00 e. The summed E-state index contributed by atoms with van der Waals surface area (Å²) in [6.07, 6.45) is 3.43. The Morgan fingerprint density at radius 1 is 0.639 bits per heavy atom. The fraction of sp³-hybridized carbons (Fsp3) is 0.400. The summed E-state index contributed by atoms with van der Waals surface area (Å²) in [6.45, 7) is 12.1. The Bertz CT molecular complexity index is 1080. The Morgan fingerprint density at radius 2 is 0.972 bits per heavy atom. The summed E-state index contributed by atoms with van der Waals surface area (Å²) in [6, 6.07) is 11.3. The minimum Gasteiger partial charge on any atom is -0.418 e. The third-order valence-corrected chi connectivity index (χ3v) is 3.82. The van der Waals surface area contributed by atoms with Gasteiger partial charge in [-0.15, -0.1) is 20.4 Å². The van der Waals surface area contributed by atoms with Crippen LogP contribution in [0.1, 0.15) is 41.5 Å². The normalized spacial score (nSPS) is 11.4. The fourth-order valence-electron chi connectivity index (χ4n) is 2.19. The molecule has 4 aromatic heterocycles. The summed E-state index contributed by atoms with van der Waals surface area (Å²) in [5, 5.41) is 24.5. The molecule has 0 fully saturated rings. The second-order valence-electron chi connectivity index (χ2n) is 9.07. The van der Waals surface area contributed by atoms with E-state index in [0.717, 1.165) is 11.4 Å². The Balaban J connectivity index is 0.000000298. The van der Waals surface area contributed by atoms with Gasteiger partial charge >= 0.3 is 24.3 Å². The number of hydrogen-bond donors (Lipinski definition) is 0. The van der Waals surface area contributed by atoms with Crippen molar-refractivity contribution in [2.45, 2.75) is 52.6 Å². The second-order valence-corrected chi connectivity index (χ2v) is 9.07. The van der Waals surface area contributed by atoms with E-state index >= 15 is 0 Å². The first-order valence-corrected chi connectivity index (χ1v) is 10.5. The predicted octanol–water partition coefficient (Wildman–Crippen LogP) is 4.28. The molecule has 4 heterocycles. The maximum absolute atomic E-state index is 9.75. The number of hydrogen-bond acceptors (Lipinski definition) is 8. The first-order valence-electron chi connectivity index (χ1n) is 10.5. The van der Waals surface area contributed by atoms with E-state index in [2.05, 4.69) is 40.8 Å². The number of aromatic nitrogens is 10. The number of nitrogens with zero attached hydrogens (tertiary/aromatic N) is 10. The van der Waals surface area contributed by atoms with Crippen LogP contribution in [0.3, 0.4) is 0 Å². The van der Waals surface area contributed by atoms with Gasteiger partial charge in [0.05, 0.1) is 11.1 Å². The van der Waals surface area contributed by atoms with Crippen LogP contribution in [0.25, 0.3) is 23.0 Å². The zero-order valence-corrected chi connectivity index (χ0v) is 21.4. The van der Waals surface area contributed by atoms with E-state index in [1.807, 2.05) is 77.9 Å². The molecule has 198 valence electrons. The first-order chi connectivity index (χ1) is 16.1. The molecule has 36 heavy (non-hydrogen) atoms. The largest absolute Gasteiger partial charge is 1.00 e. The van der Waals surface area contributed by atoms with Crippen molar-refractivity contribution >= 4 is 7.25 Å². The van der Waals surface area contributed by atoms with Gasteiger partial charge in [0.2, 0.25) is 11.6 Å². The van der Waals surface area contributed by atoms with E-state index in [9.17, 15) is 17.3 Å². The number of pyridine rings is 2. The van der Waals surface area contributed by atoms with Gasteiger partial charge < -0.3 is 17.3 Å². The molecule has 0 aliphatic carbocycles. The topological polar surface area (TPSA) is 113 Å². The van der Waals surface area contributed by atoms with Crippen LogP contribution in [0.5, 0.6) is 0 Å². The third-order valence-electron chi connectivity index (χ3n) is 3.82. The van der Waals surface area contributed by atoms with Crippen LogP contribution in [-0.2, 0) is 28.1 Å². The summed E-state index contributed by atoms with van der Waals surface area (Å²) in [5.74, 6) is 1.12. The van der Waals surface area contributed by atoms with E-state index in [0.29, 0.717) is 11.6 Å². The SMILES string of the molecule is CC(C)(C)n1nnc(-c2ccccn2)n1.CC(C)(C)n1nnc(-c2ccccn2)n1.F[B-](F)(F)F.[Cu+]. The van der Waals surface area contributed by atoms with E-state index < -0.39 is 7.25 Å². The van der Waals surface area contributed by atoms with Gasteiger partial charge in [-0.1, -0.05) is 12.1 Å². The molecule has 0 aliphatic heterocycles. The molecule has 4 rings (SSSR count). The quantitative estimate of drug-likeness (QED) is 0.266. The summed E-state index contributed by atoms with van der Waals surface area (Å²) < 4.78 is 39.0. The molecule has 0 aromatic carbocycles. The summed E-state index contributed by atoms with van der Waals surface area (Å²) in [7, 11) is -6.00. The maximum atomic E-state index is 9.75. The van der Waals surface area contributed by atoms with E-state index in [-0.39, 0.29) is 28.1 Å². The van der Waals surface area contributed by atoms with Crippen molar-refractivity contribution in [1.82, 2.24) is 50.4 Å². The smallest absolute Gasteiger partial charge is 0.418 e. The van der Waals surface area contributed by atoms with Crippen molar-refractivity contribution in [2.24, 2.45) is 0 Å². The molecule has 0 aliphatic rings. The summed E-state index contributed by atoms with van der Waals surface area (Å²) in [5.41, 5.74) is 1.18. The monoisotopic (exact) mass is 556 g/mol. The molecule has 0 saturated heterocycles. The van der Waals surface area contributed by atoms with Gasteiger partial charge in [0.25, 0.3) is 0 Å². The first kappa shape index (κ1) is 30.8. The van der Waals surface area contributed by atoms with Gasteiger partial charge in [-0.25, -0.2) is 0 Å². The Hall–Kier alpha value is -3.26. The van der Waals surface area contributed by atoms with E-state index in [1.54, 1.807) is 22.0 Å². The van der Waals surface area contributed by atoms with Crippen molar-refractivity contribution < 1.29 is 34.3 Å². The van der Waals surface area contributed by atoms with Crippen LogP contribution in [0, 0.1) is 0 Å². The van der Waals surface area contributed by atoms with Gasteiger partial charge in [-0.05, 0) is 76.2 Å². The van der Waals surface area contributed by atoms with Crippen LogP contribution >= 0.6 is 0 Å². The Labute approximate surface area is 216 Å². The molecular weight excluding hydrogens is 531 g/mol. The molecular formula is C20H26BCuF4N10. The molecule has 0 unspecified atom stereocenters. The van der Waals surface area contributed by atoms with E-state index in [1.165, 1.54) is 0 Å². The second kappa shape index (κ2) is 12.6. The van der Waals surface area contributed by atoms with Gasteiger partial charge in [-0.3, -0.25) is 9.97 Å². The molecule has 0 saturated carbocycles. The van der Waals surface area contributed by atoms with Gasteiger partial charge in [0.1, 0.15) is 11.4 Å². The fourth-order valence-corrected chi connectivity index (χ4v) is 2.19. The Kier molecular flexibility index (Phi) is 10.8. The van der Waals surface area contributed by atoms with Crippen molar-refractivity contribution in [3.63, 3.8) is 0 Å².